The molecule has 0 fully saturated rings. The van der Waals surface area contributed by atoms with Crippen LogP contribution in [-0.2, 0) is 6.42 Å². The molecule has 0 amide bonds. The molecule has 1 atom stereocenters. The van der Waals surface area contributed by atoms with Gasteiger partial charge in [-0.3, -0.25) is 0 Å². The fourth-order valence-corrected chi connectivity index (χ4v) is 1.62. The van der Waals surface area contributed by atoms with Gasteiger partial charge in [0.1, 0.15) is 5.75 Å². The molecule has 76 valence electrons. The molecule has 1 unspecified atom stereocenters. The van der Waals surface area contributed by atoms with Crippen molar-refractivity contribution in [2.24, 2.45) is 5.92 Å². The van der Waals surface area contributed by atoms with E-state index < -0.39 is 0 Å². The third-order valence-corrected chi connectivity index (χ3v) is 2.30. The van der Waals surface area contributed by atoms with E-state index in [9.17, 15) is 5.11 Å². The van der Waals surface area contributed by atoms with Crippen molar-refractivity contribution < 1.29 is 5.11 Å². The summed E-state index contributed by atoms with van der Waals surface area (Å²) in [7, 11) is 0. The Morgan fingerprint density at radius 1 is 1.43 bits per heavy atom. The monoisotopic (exact) mass is 190 g/mol. The van der Waals surface area contributed by atoms with Crippen LogP contribution in [0.5, 0.6) is 5.75 Å². The lowest BCUT2D eigenvalue weighted by Crippen LogP contribution is -1.96. The van der Waals surface area contributed by atoms with Gasteiger partial charge in [0.2, 0.25) is 0 Å². The number of aromatic hydroxyl groups is 1. The van der Waals surface area contributed by atoms with Gasteiger partial charge in [-0.1, -0.05) is 36.8 Å². The second-order valence-electron chi connectivity index (χ2n) is 3.84. The molecule has 1 rings (SSSR count). The largest absolute Gasteiger partial charge is 0.508 e. The van der Waals surface area contributed by atoms with Gasteiger partial charge in [0.05, 0.1) is 0 Å². The first-order chi connectivity index (χ1) is 6.63. The standard InChI is InChI=1S/C13H18O/c1-4-5-10(2)8-12-9-11(3)6-7-13(12)14/h4-7,9-10,14H,8H2,1-3H3/b5-4-. The first-order valence-electron chi connectivity index (χ1n) is 5.04. The number of allylic oxidation sites excluding steroid dienone is 2. The molecule has 14 heavy (non-hydrogen) atoms. The minimum absolute atomic E-state index is 0.409. The summed E-state index contributed by atoms with van der Waals surface area (Å²) in [5.41, 5.74) is 2.24. The van der Waals surface area contributed by atoms with Gasteiger partial charge in [0.15, 0.2) is 0 Å². The zero-order valence-corrected chi connectivity index (χ0v) is 9.12. The number of phenols is 1. The number of hydrogen-bond donors (Lipinski definition) is 1. The van der Waals surface area contributed by atoms with Crippen LogP contribution in [0, 0.1) is 12.8 Å². The van der Waals surface area contributed by atoms with Crippen molar-refractivity contribution in [3.8, 4) is 5.75 Å². The Morgan fingerprint density at radius 3 is 2.79 bits per heavy atom. The van der Waals surface area contributed by atoms with Crippen LogP contribution in [0.1, 0.15) is 25.0 Å². The molecule has 1 aromatic rings. The summed E-state index contributed by atoms with van der Waals surface area (Å²) in [6.45, 7) is 6.22. The summed E-state index contributed by atoms with van der Waals surface area (Å²) in [5.74, 6) is 0.889. The third-order valence-electron chi connectivity index (χ3n) is 2.30. The number of aryl methyl sites for hydroxylation is 1. The van der Waals surface area contributed by atoms with Crippen LogP contribution < -0.4 is 0 Å². The Kier molecular flexibility index (Phi) is 3.75. The second-order valence-corrected chi connectivity index (χ2v) is 3.84. The predicted molar refractivity (Wildman–Crippen MR) is 60.5 cm³/mol. The van der Waals surface area contributed by atoms with Crippen molar-refractivity contribution in [3.63, 3.8) is 0 Å². The van der Waals surface area contributed by atoms with Gasteiger partial charge in [0, 0.05) is 0 Å². The van der Waals surface area contributed by atoms with Crippen LogP contribution in [0.25, 0.3) is 0 Å². The topological polar surface area (TPSA) is 20.2 Å². The van der Waals surface area contributed by atoms with Crippen LogP contribution in [-0.4, -0.2) is 5.11 Å². The fraction of sp³-hybridized carbons (Fsp3) is 0.385. The van der Waals surface area contributed by atoms with E-state index in [2.05, 4.69) is 25.1 Å². The van der Waals surface area contributed by atoms with E-state index in [1.54, 1.807) is 6.07 Å². The highest BCUT2D eigenvalue weighted by atomic mass is 16.3. The van der Waals surface area contributed by atoms with Crippen LogP contribution in [0.3, 0.4) is 0 Å². The second kappa shape index (κ2) is 4.85. The van der Waals surface area contributed by atoms with Gasteiger partial charge < -0.3 is 5.11 Å². The Balaban J connectivity index is 2.80. The fourth-order valence-electron chi connectivity index (χ4n) is 1.62. The van der Waals surface area contributed by atoms with Crippen LogP contribution in [0.15, 0.2) is 30.4 Å². The van der Waals surface area contributed by atoms with Crippen molar-refractivity contribution in [3.05, 3.63) is 41.5 Å². The highest BCUT2D eigenvalue weighted by Gasteiger charge is 2.04. The third kappa shape index (κ3) is 2.91. The van der Waals surface area contributed by atoms with Gasteiger partial charge >= 0.3 is 0 Å². The quantitative estimate of drug-likeness (QED) is 0.724. The van der Waals surface area contributed by atoms with Gasteiger partial charge in [0.25, 0.3) is 0 Å². The summed E-state index contributed by atoms with van der Waals surface area (Å²) in [4.78, 5) is 0. The van der Waals surface area contributed by atoms with Gasteiger partial charge in [-0.2, -0.15) is 0 Å². The minimum atomic E-state index is 0.409. The Morgan fingerprint density at radius 2 is 2.14 bits per heavy atom. The van der Waals surface area contributed by atoms with Crippen LogP contribution in [0.4, 0.5) is 0 Å². The maximum Gasteiger partial charge on any atom is 0.118 e. The zero-order valence-electron chi connectivity index (χ0n) is 9.12. The predicted octanol–water partition coefficient (Wildman–Crippen LogP) is 3.46. The van der Waals surface area contributed by atoms with E-state index in [1.807, 2.05) is 19.9 Å². The molecule has 1 heteroatoms. The smallest absolute Gasteiger partial charge is 0.118 e. The van der Waals surface area contributed by atoms with E-state index >= 15 is 0 Å². The SMILES string of the molecule is C/C=C\C(C)Cc1cc(C)ccc1O. The van der Waals surface area contributed by atoms with E-state index in [-0.39, 0.29) is 0 Å². The van der Waals surface area contributed by atoms with Crippen LogP contribution >= 0.6 is 0 Å². The molecule has 0 aliphatic rings. The lowest BCUT2D eigenvalue weighted by molar-refractivity contribution is 0.464. The molecule has 0 aromatic heterocycles. The lowest BCUT2D eigenvalue weighted by Gasteiger charge is -2.09. The van der Waals surface area contributed by atoms with Crippen molar-refractivity contribution in [1.82, 2.24) is 0 Å². The summed E-state index contributed by atoms with van der Waals surface area (Å²) < 4.78 is 0. The van der Waals surface area contributed by atoms with Crippen LogP contribution in [0.2, 0.25) is 0 Å². The molecule has 0 bridgehead atoms. The summed E-state index contributed by atoms with van der Waals surface area (Å²) in [6.07, 6.45) is 5.11. The molecule has 1 N–H and O–H groups in total. The van der Waals surface area contributed by atoms with Gasteiger partial charge in [-0.05, 0) is 37.8 Å². The zero-order chi connectivity index (χ0) is 10.6. The summed E-state index contributed by atoms with van der Waals surface area (Å²) >= 11 is 0. The van der Waals surface area contributed by atoms with Gasteiger partial charge in [-0.25, -0.2) is 0 Å². The number of phenolic OH excluding ortho intramolecular Hbond substituents is 1. The van der Waals surface area contributed by atoms with E-state index in [0.717, 1.165) is 12.0 Å². The molecule has 0 aliphatic heterocycles. The molecule has 0 radical (unpaired) electrons. The normalized spacial score (nSPS) is 13.4. The average Bonchev–Trinajstić information content (AvgIpc) is 2.12. The molecule has 0 spiro atoms. The molecular formula is C13H18O. The lowest BCUT2D eigenvalue weighted by atomic mass is 9.98. The summed E-state index contributed by atoms with van der Waals surface area (Å²) in [5, 5.41) is 9.63. The van der Waals surface area contributed by atoms with E-state index in [0.29, 0.717) is 11.7 Å². The molecule has 0 saturated carbocycles. The Bertz CT molecular complexity index is 326. The van der Waals surface area contributed by atoms with Crippen molar-refractivity contribution in [1.29, 1.82) is 0 Å². The highest BCUT2D eigenvalue weighted by Crippen LogP contribution is 2.21. The molecule has 0 saturated heterocycles. The molecule has 0 heterocycles. The minimum Gasteiger partial charge on any atom is -0.508 e. The molecule has 0 aliphatic carbocycles. The Labute approximate surface area is 86.1 Å². The molecular weight excluding hydrogens is 172 g/mol. The van der Waals surface area contributed by atoms with Crippen molar-refractivity contribution in [2.45, 2.75) is 27.2 Å². The van der Waals surface area contributed by atoms with Crippen molar-refractivity contribution in [2.75, 3.05) is 0 Å². The first-order valence-corrected chi connectivity index (χ1v) is 5.04. The molecule has 1 nitrogen and oxygen atoms in total. The Hall–Kier alpha value is -1.24. The maximum absolute atomic E-state index is 9.63. The van der Waals surface area contributed by atoms with Gasteiger partial charge in [-0.15, -0.1) is 0 Å². The van der Waals surface area contributed by atoms with Crippen molar-refractivity contribution >= 4 is 0 Å². The number of hydrogen-bond acceptors (Lipinski definition) is 1. The maximum atomic E-state index is 9.63. The number of benzene rings is 1. The molecule has 1 aromatic carbocycles. The highest BCUT2D eigenvalue weighted by molar-refractivity contribution is 5.36. The van der Waals surface area contributed by atoms with E-state index in [4.69, 9.17) is 0 Å². The van der Waals surface area contributed by atoms with E-state index in [1.165, 1.54) is 5.56 Å². The first kappa shape index (κ1) is 10.8. The average molecular weight is 190 g/mol. The number of rotatable bonds is 3. The summed E-state index contributed by atoms with van der Waals surface area (Å²) in [6, 6.07) is 5.75.